The van der Waals surface area contributed by atoms with Gasteiger partial charge in [0.05, 0.1) is 17.1 Å². The third-order valence-corrected chi connectivity index (χ3v) is 3.55. The van der Waals surface area contributed by atoms with E-state index in [2.05, 4.69) is 33.5 Å². The lowest BCUT2D eigenvalue weighted by Crippen LogP contribution is -2.19. The SMILES string of the molecule is C[N+](C)=Cc1cccc(-c2ccccc2)n1.c1ccc2c(c1)NNN2. The first kappa shape index (κ1) is 16.7. The van der Waals surface area contributed by atoms with Crippen LogP contribution in [-0.2, 0) is 0 Å². The third kappa shape index (κ3) is 4.65. The summed E-state index contributed by atoms with van der Waals surface area (Å²) in [5, 5.41) is 0. The molecular formula is C20H22N5+. The Labute approximate surface area is 148 Å². The predicted octanol–water partition coefficient (Wildman–Crippen LogP) is 3.38. The zero-order valence-corrected chi connectivity index (χ0v) is 14.4. The smallest absolute Gasteiger partial charge is 0.188 e. The summed E-state index contributed by atoms with van der Waals surface area (Å²) in [5.74, 6) is 0. The Morgan fingerprint density at radius 3 is 2.04 bits per heavy atom. The van der Waals surface area contributed by atoms with E-state index in [1.165, 1.54) is 0 Å². The summed E-state index contributed by atoms with van der Waals surface area (Å²) in [7, 11) is 3.99. The number of pyridine rings is 1. The van der Waals surface area contributed by atoms with Gasteiger partial charge in [-0.05, 0) is 24.3 Å². The van der Waals surface area contributed by atoms with Crippen LogP contribution in [0.1, 0.15) is 5.69 Å². The van der Waals surface area contributed by atoms with Gasteiger partial charge in [0.2, 0.25) is 0 Å². The van der Waals surface area contributed by atoms with Gasteiger partial charge in [-0.15, -0.1) is 5.53 Å². The molecule has 0 fully saturated rings. The van der Waals surface area contributed by atoms with Crippen molar-refractivity contribution in [3.8, 4) is 11.3 Å². The fourth-order valence-electron chi connectivity index (χ4n) is 2.42. The number of rotatable bonds is 2. The number of anilines is 2. The van der Waals surface area contributed by atoms with Crippen molar-refractivity contribution in [1.29, 1.82) is 0 Å². The van der Waals surface area contributed by atoms with Gasteiger partial charge in [0.25, 0.3) is 0 Å². The molecular weight excluding hydrogens is 310 g/mol. The average Bonchev–Trinajstić information content (AvgIpc) is 3.11. The van der Waals surface area contributed by atoms with Gasteiger partial charge in [-0.3, -0.25) is 0 Å². The molecule has 126 valence electrons. The van der Waals surface area contributed by atoms with Gasteiger partial charge in [0.15, 0.2) is 6.21 Å². The number of hydrogen-bond donors (Lipinski definition) is 3. The largest absolute Gasteiger partial charge is 0.302 e. The highest BCUT2D eigenvalue weighted by atomic mass is 15.6. The van der Waals surface area contributed by atoms with Gasteiger partial charge in [0, 0.05) is 5.56 Å². The first-order valence-corrected chi connectivity index (χ1v) is 8.12. The van der Waals surface area contributed by atoms with Crippen LogP contribution in [0.15, 0.2) is 72.8 Å². The highest BCUT2D eigenvalue weighted by molar-refractivity contribution is 5.74. The van der Waals surface area contributed by atoms with Crippen molar-refractivity contribution < 1.29 is 4.58 Å². The summed E-state index contributed by atoms with van der Waals surface area (Å²) in [6, 6.07) is 24.3. The van der Waals surface area contributed by atoms with E-state index in [4.69, 9.17) is 0 Å². The summed E-state index contributed by atoms with van der Waals surface area (Å²) in [6.07, 6.45) is 2.01. The summed E-state index contributed by atoms with van der Waals surface area (Å²) < 4.78 is 2.00. The van der Waals surface area contributed by atoms with E-state index in [1.807, 2.05) is 85.5 Å². The number of nitrogens with one attached hydrogen (secondary N) is 3. The fraction of sp³-hybridized carbons (Fsp3) is 0.100. The van der Waals surface area contributed by atoms with Crippen molar-refractivity contribution in [1.82, 2.24) is 10.5 Å². The van der Waals surface area contributed by atoms with Crippen molar-refractivity contribution in [2.24, 2.45) is 0 Å². The Balaban J connectivity index is 0.000000170. The molecule has 1 aromatic heterocycles. The van der Waals surface area contributed by atoms with E-state index < -0.39 is 0 Å². The maximum atomic E-state index is 4.59. The van der Waals surface area contributed by atoms with Crippen molar-refractivity contribution in [3.05, 3.63) is 78.5 Å². The number of hydrogen-bond acceptors (Lipinski definition) is 4. The molecule has 3 N–H and O–H groups in total. The molecule has 5 heteroatoms. The van der Waals surface area contributed by atoms with E-state index in [-0.39, 0.29) is 0 Å². The Kier molecular flexibility index (Phi) is 5.39. The highest BCUT2D eigenvalue weighted by Crippen LogP contribution is 2.21. The van der Waals surface area contributed by atoms with E-state index in [9.17, 15) is 0 Å². The van der Waals surface area contributed by atoms with Gasteiger partial charge >= 0.3 is 0 Å². The van der Waals surface area contributed by atoms with E-state index in [0.717, 1.165) is 28.3 Å². The van der Waals surface area contributed by atoms with E-state index in [1.54, 1.807) is 0 Å². The van der Waals surface area contributed by atoms with Crippen molar-refractivity contribution in [2.75, 3.05) is 24.9 Å². The van der Waals surface area contributed by atoms with E-state index >= 15 is 0 Å². The summed E-state index contributed by atoms with van der Waals surface area (Å²) in [6.45, 7) is 0. The Morgan fingerprint density at radius 2 is 1.40 bits per heavy atom. The number of fused-ring (bicyclic) bond motifs is 1. The van der Waals surface area contributed by atoms with Crippen LogP contribution in [0, 0.1) is 0 Å². The quantitative estimate of drug-likeness (QED) is 0.497. The van der Waals surface area contributed by atoms with Gasteiger partial charge < -0.3 is 10.9 Å². The topological polar surface area (TPSA) is 52.0 Å². The first-order valence-electron chi connectivity index (χ1n) is 8.12. The molecule has 2 aromatic carbocycles. The molecule has 0 amide bonds. The second-order valence-electron chi connectivity index (χ2n) is 5.83. The standard InChI is InChI=1S/C14H15N2.C6H7N3/c1-16(2)11-13-9-6-10-14(15-13)12-7-4-3-5-8-12;1-2-4-6-5(3-1)7-9-8-6/h3-11H,1-2H3;1-4,7-9H/q+1;. The van der Waals surface area contributed by atoms with Crippen LogP contribution in [0.3, 0.4) is 0 Å². The maximum Gasteiger partial charge on any atom is 0.188 e. The van der Waals surface area contributed by atoms with Gasteiger partial charge in [0.1, 0.15) is 19.8 Å². The van der Waals surface area contributed by atoms with Crippen LogP contribution in [0.5, 0.6) is 0 Å². The molecule has 0 spiro atoms. The molecule has 4 rings (SSSR count). The van der Waals surface area contributed by atoms with Gasteiger partial charge in [-0.25, -0.2) is 9.56 Å². The van der Waals surface area contributed by atoms with Crippen LogP contribution in [-0.4, -0.2) is 29.9 Å². The summed E-state index contributed by atoms with van der Waals surface area (Å²) in [5.41, 5.74) is 14.0. The molecule has 25 heavy (non-hydrogen) atoms. The van der Waals surface area contributed by atoms with Crippen molar-refractivity contribution in [2.45, 2.75) is 0 Å². The molecule has 1 aliphatic rings. The molecule has 1 aliphatic heterocycles. The Morgan fingerprint density at radius 1 is 0.760 bits per heavy atom. The lowest BCUT2D eigenvalue weighted by molar-refractivity contribution is -0.458. The first-order chi connectivity index (χ1) is 12.2. The molecule has 0 bridgehead atoms. The molecule has 5 nitrogen and oxygen atoms in total. The minimum absolute atomic E-state index is 0.978. The molecule has 0 radical (unpaired) electrons. The minimum atomic E-state index is 0.978. The van der Waals surface area contributed by atoms with Crippen molar-refractivity contribution >= 4 is 17.6 Å². The maximum absolute atomic E-state index is 4.59. The van der Waals surface area contributed by atoms with Gasteiger partial charge in [-0.1, -0.05) is 48.5 Å². The lowest BCUT2D eigenvalue weighted by Gasteiger charge is -2.00. The van der Waals surface area contributed by atoms with Crippen molar-refractivity contribution in [3.63, 3.8) is 0 Å². The predicted molar refractivity (Wildman–Crippen MR) is 104 cm³/mol. The zero-order valence-electron chi connectivity index (χ0n) is 14.4. The van der Waals surface area contributed by atoms with Crippen LogP contribution < -0.4 is 16.4 Å². The van der Waals surface area contributed by atoms with E-state index in [0.29, 0.717) is 0 Å². The summed E-state index contributed by atoms with van der Waals surface area (Å²) >= 11 is 0. The Hall–Kier alpha value is -3.18. The van der Waals surface area contributed by atoms with Gasteiger partial charge in [-0.2, -0.15) is 0 Å². The number of para-hydroxylation sites is 2. The second kappa shape index (κ2) is 8.08. The average molecular weight is 332 g/mol. The Bertz CT molecular complexity index is 832. The molecule has 0 unspecified atom stereocenters. The number of benzene rings is 2. The normalized spacial score (nSPS) is 11.3. The fourth-order valence-corrected chi connectivity index (χ4v) is 2.42. The highest BCUT2D eigenvalue weighted by Gasteiger charge is 2.04. The number of aromatic nitrogens is 1. The monoisotopic (exact) mass is 332 g/mol. The molecule has 0 saturated carbocycles. The van der Waals surface area contributed by atoms with Crippen LogP contribution >= 0.6 is 0 Å². The number of nitrogens with zero attached hydrogens (tertiary/aromatic N) is 2. The molecule has 0 atom stereocenters. The molecule has 2 heterocycles. The minimum Gasteiger partial charge on any atom is -0.302 e. The molecule has 0 saturated heterocycles. The second-order valence-corrected chi connectivity index (χ2v) is 5.83. The van der Waals surface area contributed by atoms with Crippen LogP contribution in [0.25, 0.3) is 11.3 Å². The van der Waals surface area contributed by atoms with Crippen LogP contribution in [0.2, 0.25) is 0 Å². The lowest BCUT2D eigenvalue weighted by atomic mass is 10.1. The number of hydrazine groups is 2. The third-order valence-electron chi connectivity index (χ3n) is 3.55. The summed E-state index contributed by atoms with van der Waals surface area (Å²) in [4.78, 5) is 4.59. The van der Waals surface area contributed by atoms with Crippen LogP contribution in [0.4, 0.5) is 11.4 Å². The molecule has 0 aliphatic carbocycles. The zero-order chi connectivity index (χ0) is 17.5. The molecule has 3 aromatic rings.